The molecule has 10 nitrogen and oxygen atoms in total. The normalized spacial score (nSPS) is 9.52. The number of hydrogen-bond acceptors (Lipinski definition) is 10. The van der Waals surface area contributed by atoms with Crippen LogP contribution in [0.25, 0.3) is 0 Å². The van der Waals surface area contributed by atoms with E-state index in [0.29, 0.717) is 34.7 Å². The molecular formula is C33H35Cl2IN10. The smallest absolute Gasteiger partial charge is 0.229 e. The van der Waals surface area contributed by atoms with Crippen molar-refractivity contribution in [2.75, 3.05) is 40.2 Å². The van der Waals surface area contributed by atoms with Gasteiger partial charge in [0.25, 0.3) is 0 Å². The Hall–Kier alpha value is -4.35. The number of anilines is 6. The molecule has 0 aliphatic rings. The molecule has 4 aromatic rings. The number of rotatable bonds is 12. The summed E-state index contributed by atoms with van der Waals surface area (Å²) in [4.78, 5) is 17.5. The molecule has 0 bridgehead atoms. The quantitative estimate of drug-likeness (QED) is 0.0481. The lowest BCUT2D eigenvalue weighted by atomic mass is 10.2. The lowest BCUT2D eigenvalue weighted by Gasteiger charge is -2.10. The van der Waals surface area contributed by atoms with E-state index in [4.69, 9.17) is 22.1 Å². The number of benzene rings is 2. The second-order valence-corrected chi connectivity index (χ2v) is 11.0. The fraction of sp³-hybridized carbons (Fsp3) is 0.273. The summed E-state index contributed by atoms with van der Waals surface area (Å²) in [6.45, 7) is 5.89. The molecule has 0 unspecified atom stereocenters. The average molecular weight is 770 g/mol. The van der Waals surface area contributed by atoms with Crippen molar-refractivity contribution < 1.29 is 0 Å². The molecule has 4 N–H and O–H groups in total. The fourth-order valence-corrected chi connectivity index (χ4v) is 4.12. The molecule has 0 aliphatic carbocycles. The summed E-state index contributed by atoms with van der Waals surface area (Å²) < 4.78 is 0.987. The van der Waals surface area contributed by atoms with Crippen LogP contribution in [0.4, 0.5) is 34.9 Å². The summed E-state index contributed by atoms with van der Waals surface area (Å²) >= 11 is 7.87. The number of hydrogen-bond donors (Lipinski definition) is 4. The first-order chi connectivity index (χ1) is 22.0. The Morgan fingerprint density at radius 3 is 1.76 bits per heavy atom. The van der Waals surface area contributed by atoms with Gasteiger partial charge in [0.05, 0.1) is 38.6 Å². The van der Waals surface area contributed by atoms with Crippen LogP contribution in [0, 0.1) is 38.1 Å². The van der Waals surface area contributed by atoms with Gasteiger partial charge in [-0.25, -0.2) is 9.97 Å². The summed E-state index contributed by atoms with van der Waals surface area (Å²) in [5.41, 5.74) is 3.69. The first kappa shape index (κ1) is 37.8. The van der Waals surface area contributed by atoms with Gasteiger partial charge in [-0.2, -0.15) is 20.5 Å². The van der Waals surface area contributed by atoms with Gasteiger partial charge in [0.2, 0.25) is 11.9 Å². The number of nitrogens with one attached hydrogen (secondary N) is 4. The van der Waals surface area contributed by atoms with E-state index in [0.717, 1.165) is 65.1 Å². The second-order valence-electron chi connectivity index (χ2n) is 9.42. The predicted molar refractivity (Wildman–Crippen MR) is 197 cm³/mol. The van der Waals surface area contributed by atoms with Crippen LogP contribution < -0.4 is 21.3 Å². The van der Waals surface area contributed by atoms with Gasteiger partial charge in [-0.3, -0.25) is 0 Å². The lowest BCUT2D eigenvalue weighted by molar-refractivity contribution is 0.963. The Kier molecular flexibility index (Phi) is 17.6. The molecule has 0 saturated heterocycles. The highest BCUT2D eigenvalue weighted by Gasteiger charge is 2.07. The van der Waals surface area contributed by atoms with E-state index in [-0.39, 0.29) is 12.4 Å². The number of unbranched alkanes of at least 4 members (excludes halogenated alkanes) is 1. The van der Waals surface area contributed by atoms with Crippen molar-refractivity contribution in [3.8, 4) is 24.0 Å². The maximum Gasteiger partial charge on any atom is 0.229 e. The van der Waals surface area contributed by atoms with E-state index in [1.807, 2.05) is 24.3 Å². The lowest BCUT2D eigenvalue weighted by Crippen LogP contribution is -2.07. The Balaban J connectivity index is 0.000000321. The number of nitrogens with zero attached hydrogens (tertiary/aromatic N) is 6. The van der Waals surface area contributed by atoms with Crippen molar-refractivity contribution in [2.24, 2.45) is 0 Å². The van der Waals surface area contributed by atoms with Crippen LogP contribution in [0.2, 0.25) is 0 Å². The summed E-state index contributed by atoms with van der Waals surface area (Å²) in [6.07, 6.45) is 7.13. The molecule has 0 aliphatic heterocycles. The van der Waals surface area contributed by atoms with Gasteiger partial charge in [0.15, 0.2) is 0 Å². The molecule has 13 heteroatoms. The van der Waals surface area contributed by atoms with Gasteiger partial charge in [0, 0.05) is 43.0 Å². The Bertz CT molecular complexity index is 1660. The molecule has 2 heterocycles. The van der Waals surface area contributed by atoms with Crippen LogP contribution in [-0.2, 0) is 0 Å². The molecule has 0 saturated carbocycles. The van der Waals surface area contributed by atoms with Crippen LogP contribution in [0.15, 0.2) is 60.9 Å². The van der Waals surface area contributed by atoms with Crippen molar-refractivity contribution in [1.82, 2.24) is 19.9 Å². The van der Waals surface area contributed by atoms with Crippen LogP contribution in [-0.4, -0.2) is 38.9 Å². The minimum absolute atomic E-state index is 0. The number of alkyl halides is 1. The van der Waals surface area contributed by atoms with Crippen molar-refractivity contribution in [3.63, 3.8) is 0 Å². The zero-order valence-electron chi connectivity index (χ0n) is 25.6. The highest BCUT2D eigenvalue weighted by atomic mass is 127. The first-order valence-electron chi connectivity index (χ1n) is 14.5. The van der Waals surface area contributed by atoms with Gasteiger partial charge in [-0.05, 0) is 90.4 Å². The zero-order valence-corrected chi connectivity index (χ0v) is 29.3. The third-order valence-corrected chi connectivity index (χ3v) is 6.87. The van der Waals surface area contributed by atoms with Crippen LogP contribution >= 0.6 is 46.6 Å². The molecule has 238 valence electrons. The van der Waals surface area contributed by atoms with E-state index in [1.165, 1.54) is 0 Å². The van der Waals surface area contributed by atoms with Gasteiger partial charge in [-0.1, -0.05) is 25.7 Å². The van der Waals surface area contributed by atoms with Gasteiger partial charge < -0.3 is 21.3 Å². The average Bonchev–Trinajstić information content (AvgIpc) is 3.07. The molecule has 0 spiro atoms. The molecule has 4 rings (SSSR count). The number of aromatic nitrogens is 4. The summed E-state index contributed by atoms with van der Waals surface area (Å²) in [7, 11) is 0. The maximum atomic E-state index is 8.85. The van der Waals surface area contributed by atoms with Gasteiger partial charge in [0.1, 0.15) is 11.6 Å². The predicted octanol–water partition coefficient (Wildman–Crippen LogP) is 8.22. The van der Waals surface area contributed by atoms with Gasteiger partial charge >= 0.3 is 0 Å². The third kappa shape index (κ3) is 12.9. The maximum absolute atomic E-state index is 8.85. The van der Waals surface area contributed by atoms with Crippen molar-refractivity contribution >= 4 is 81.5 Å². The highest BCUT2D eigenvalue weighted by Crippen LogP contribution is 2.20. The molecule has 0 radical (unpaired) electrons. The van der Waals surface area contributed by atoms with E-state index >= 15 is 0 Å². The van der Waals surface area contributed by atoms with E-state index < -0.39 is 0 Å². The minimum Gasteiger partial charge on any atom is -0.369 e. The minimum atomic E-state index is 0. The molecule has 2 aromatic heterocycles. The SMILES string of the molecule is CCCNc1nc(Nc2ccc(C#N)cc2)ncc1C#CCCCCl.CCCNc1nc(Nc2ccc(C#N)cc2)ncc1I.Cl. The molecule has 0 fully saturated rings. The molecular weight excluding hydrogens is 734 g/mol. The van der Waals surface area contributed by atoms with Crippen molar-refractivity contribution in [3.05, 3.63) is 81.2 Å². The summed E-state index contributed by atoms with van der Waals surface area (Å²) in [6, 6.07) is 18.5. The van der Waals surface area contributed by atoms with Gasteiger partial charge in [-0.15, -0.1) is 24.0 Å². The number of halogens is 3. The molecule has 0 atom stereocenters. The second kappa shape index (κ2) is 21.4. The Labute approximate surface area is 295 Å². The van der Waals surface area contributed by atoms with E-state index in [1.54, 1.807) is 36.7 Å². The Morgan fingerprint density at radius 1 is 0.761 bits per heavy atom. The summed E-state index contributed by atoms with van der Waals surface area (Å²) in [5, 5.41) is 30.4. The third-order valence-electron chi connectivity index (χ3n) is 5.82. The molecule has 2 aromatic carbocycles. The van der Waals surface area contributed by atoms with Crippen LogP contribution in [0.1, 0.15) is 56.2 Å². The standard InChI is InChI=1S/C19H20ClN5.C14H14IN5.ClH/c1-2-12-22-18-16(6-4-3-5-11-20)14-23-19(25-18)24-17-9-7-15(13-21)8-10-17;1-2-7-17-13-12(15)9-18-14(20-13)19-11-5-3-10(8-16)4-6-11;/h7-10,14H,2-3,5,11-12H2,1H3,(H2,22,23,24,25);3-6,9H,2,7H2,1H3,(H2,17,18,19,20);1H. The van der Waals surface area contributed by atoms with Crippen molar-refractivity contribution in [2.45, 2.75) is 39.5 Å². The van der Waals surface area contributed by atoms with Crippen molar-refractivity contribution in [1.29, 1.82) is 10.5 Å². The zero-order chi connectivity index (χ0) is 32.3. The van der Waals surface area contributed by atoms with Crippen LogP contribution in [0.5, 0.6) is 0 Å². The highest BCUT2D eigenvalue weighted by molar-refractivity contribution is 14.1. The monoisotopic (exact) mass is 768 g/mol. The Morgan fingerprint density at radius 2 is 1.26 bits per heavy atom. The fourth-order valence-electron chi connectivity index (χ4n) is 3.53. The van der Waals surface area contributed by atoms with Crippen LogP contribution in [0.3, 0.4) is 0 Å². The van der Waals surface area contributed by atoms with E-state index in [2.05, 4.69) is 102 Å². The summed E-state index contributed by atoms with van der Waals surface area (Å²) in [5.74, 6) is 9.37. The number of nitriles is 2. The largest absolute Gasteiger partial charge is 0.369 e. The molecule has 46 heavy (non-hydrogen) atoms. The van der Waals surface area contributed by atoms with E-state index in [9.17, 15) is 0 Å². The topological polar surface area (TPSA) is 147 Å². The first-order valence-corrected chi connectivity index (χ1v) is 16.1. The molecule has 0 amide bonds.